The summed E-state index contributed by atoms with van der Waals surface area (Å²) in [4.78, 5) is 0. The van der Waals surface area contributed by atoms with Gasteiger partial charge in [-0.3, -0.25) is 0 Å². The Morgan fingerprint density at radius 3 is 2.93 bits per heavy atom. The van der Waals surface area contributed by atoms with Crippen molar-refractivity contribution in [2.24, 2.45) is 0 Å². The van der Waals surface area contributed by atoms with Crippen LogP contribution in [0.3, 0.4) is 0 Å². The number of halogens is 1. The summed E-state index contributed by atoms with van der Waals surface area (Å²) in [5.74, 6) is 0. The molecule has 14 heavy (non-hydrogen) atoms. The first-order valence-electron chi connectivity index (χ1n) is 4.54. The zero-order valence-electron chi connectivity index (χ0n) is 7.63. The number of nitrogens with zero attached hydrogens (tertiary/aromatic N) is 1. The van der Waals surface area contributed by atoms with E-state index in [1.54, 1.807) is 6.07 Å². The van der Waals surface area contributed by atoms with Gasteiger partial charge in [0.15, 0.2) is 5.60 Å². The molecule has 0 radical (unpaired) electrons. The highest BCUT2D eigenvalue weighted by Gasteiger charge is 2.31. The van der Waals surface area contributed by atoms with E-state index in [1.807, 2.05) is 18.2 Å². The number of aliphatic hydroxyl groups is 1. The van der Waals surface area contributed by atoms with Crippen molar-refractivity contribution in [3.8, 4) is 6.07 Å². The molecule has 0 bridgehead atoms. The molecule has 2 nitrogen and oxygen atoms in total. The van der Waals surface area contributed by atoms with E-state index in [0.717, 1.165) is 17.5 Å². The molecule has 1 N–H and O–H groups in total. The predicted octanol–water partition coefficient (Wildman–Crippen LogP) is 2.08. The quantitative estimate of drug-likeness (QED) is 0.662. The average Bonchev–Trinajstić information content (AvgIpc) is 2.19. The summed E-state index contributed by atoms with van der Waals surface area (Å²) >= 11 is 5.85. The Bertz CT molecular complexity index is 410. The van der Waals surface area contributed by atoms with Gasteiger partial charge in [0, 0.05) is 11.4 Å². The van der Waals surface area contributed by atoms with Crippen molar-refractivity contribution < 1.29 is 5.11 Å². The molecule has 0 amide bonds. The van der Waals surface area contributed by atoms with E-state index in [-0.39, 0.29) is 0 Å². The van der Waals surface area contributed by atoms with E-state index in [4.69, 9.17) is 16.9 Å². The molecule has 2 rings (SSSR count). The molecule has 1 aromatic carbocycles. The Labute approximate surface area is 87.7 Å². The highest BCUT2D eigenvalue weighted by molar-refractivity contribution is 6.30. The van der Waals surface area contributed by atoms with Crippen molar-refractivity contribution >= 4 is 11.6 Å². The molecular formula is C11H10ClNO. The minimum absolute atomic E-state index is 0.413. The molecule has 1 atom stereocenters. The summed E-state index contributed by atoms with van der Waals surface area (Å²) < 4.78 is 0. The monoisotopic (exact) mass is 207 g/mol. The van der Waals surface area contributed by atoms with Gasteiger partial charge in [-0.1, -0.05) is 17.7 Å². The lowest BCUT2D eigenvalue weighted by molar-refractivity contribution is 0.0840. The number of aryl methyl sites for hydroxylation is 1. The standard InChI is InChI=1S/C11H10ClNO/c12-10-2-1-9-6-11(14,7-13)4-3-8(9)5-10/h1-2,5,14H,3-4,6H2. The lowest BCUT2D eigenvalue weighted by Crippen LogP contribution is -2.33. The van der Waals surface area contributed by atoms with Crippen LogP contribution in [0, 0.1) is 11.3 Å². The first-order chi connectivity index (χ1) is 6.63. The Hall–Kier alpha value is -1.04. The maximum Gasteiger partial charge on any atom is 0.155 e. The van der Waals surface area contributed by atoms with Gasteiger partial charge in [0.05, 0.1) is 6.07 Å². The van der Waals surface area contributed by atoms with Crippen molar-refractivity contribution in [1.82, 2.24) is 0 Å². The van der Waals surface area contributed by atoms with Gasteiger partial charge >= 0.3 is 0 Å². The highest BCUT2D eigenvalue weighted by Crippen LogP contribution is 2.29. The Morgan fingerprint density at radius 1 is 1.43 bits per heavy atom. The largest absolute Gasteiger partial charge is 0.375 e. The van der Waals surface area contributed by atoms with Gasteiger partial charge in [-0.25, -0.2) is 0 Å². The summed E-state index contributed by atoms with van der Waals surface area (Å²) in [6.07, 6.45) is 1.63. The van der Waals surface area contributed by atoms with E-state index in [0.29, 0.717) is 17.9 Å². The molecule has 1 aromatic rings. The Kier molecular flexibility index (Phi) is 2.22. The van der Waals surface area contributed by atoms with Crippen LogP contribution in [0.1, 0.15) is 17.5 Å². The highest BCUT2D eigenvalue weighted by atomic mass is 35.5. The van der Waals surface area contributed by atoms with Crippen LogP contribution in [-0.2, 0) is 12.8 Å². The van der Waals surface area contributed by atoms with Gasteiger partial charge in [-0.05, 0) is 36.1 Å². The van der Waals surface area contributed by atoms with Crippen molar-refractivity contribution in [3.05, 3.63) is 34.3 Å². The fraction of sp³-hybridized carbons (Fsp3) is 0.364. The summed E-state index contributed by atoms with van der Waals surface area (Å²) in [7, 11) is 0. The van der Waals surface area contributed by atoms with Gasteiger partial charge in [-0.2, -0.15) is 5.26 Å². The van der Waals surface area contributed by atoms with E-state index in [9.17, 15) is 5.11 Å². The summed E-state index contributed by atoms with van der Waals surface area (Å²) in [5.41, 5.74) is 1.00. The second-order valence-electron chi connectivity index (χ2n) is 3.73. The molecule has 0 spiro atoms. The second kappa shape index (κ2) is 3.27. The van der Waals surface area contributed by atoms with Crippen LogP contribution < -0.4 is 0 Å². The zero-order valence-corrected chi connectivity index (χ0v) is 8.38. The van der Waals surface area contributed by atoms with Gasteiger partial charge in [0.25, 0.3) is 0 Å². The van der Waals surface area contributed by atoms with Crippen molar-refractivity contribution in [2.45, 2.75) is 24.9 Å². The average molecular weight is 208 g/mol. The van der Waals surface area contributed by atoms with Crippen LogP contribution in [-0.4, -0.2) is 10.7 Å². The first kappa shape index (κ1) is 9.51. The molecule has 0 fully saturated rings. The molecule has 1 aliphatic rings. The number of fused-ring (bicyclic) bond motifs is 1. The van der Waals surface area contributed by atoms with Gasteiger partial charge in [-0.15, -0.1) is 0 Å². The molecule has 1 aliphatic carbocycles. The molecule has 0 aliphatic heterocycles. The molecule has 0 saturated carbocycles. The van der Waals surface area contributed by atoms with E-state index >= 15 is 0 Å². The molecule has 1 unspecified atom stereocenters. The molecule has 72 valence electrons. The minimum Gasteiger partial charge on any atom is -0.375 e. The summed E-state index contributed by atoms with van der Waals surface area (Å²) in [6.45, 7) is 0. The van der Waals surface area contributed by atoms with Crippen molar-refractivity contribution in [1.29, 1.82) is 5.26 Å². The van der Waals surface area contributed by atoms with Crippen LogP contribution in [0.25, 0.3) is 0 Å². The van der Waals surface area contributed by atoms with Crippen LogP contribution in [0.15, 0.2) is 18.2 Å². The predicted molar refractivity (Wildman–Crippen MR) is 54.0 cm³/mol. The zero-order chi connectivity index (χ0) is 10.2. The number of benzene rings is 1. The lowest BCUT2D eigenvalue weighted by atomic mass is 9.81. The molecule has 0 aromatic heterocycles. The topological polar surface area (TPSA) is 44.0 Å². The smallest absolute Gasteiger partial charge is 0.155 e. The number of hydrogen-bond acceptors (Lipinski definition) is 2. The van der Waals surface area contributed by atoms with Crippen molar-refractivity contribution in [3.63, 3.8) is 0 Å². The van der Waals surface area contributed by atoms with Gasteiger partial charge in [0.2, 0.25) is 0 Å². The van der Waals surface area contributed by atoms with Crippen LogP contribution in [0.2, 0.25) is 5.02 Å². The van der Waals surface area contributed by atoms with E-state index in [2.05, 4.69) is 0 Å². The van der Waals surface area contributed by atoms with Gasteiger partial charge in [0.1, 0.15) is 0 Å². The van der Waals surface area contributed by atoms with Crippen LogP contribution in [0.5, 0.6) is 0 Å². The van der Waals surface area contributed by atoms with Crippen molar-refractivity contribution in [2.75, 3.05) is 0 Å². The normalized spacial score (nSPS) is 25.2. The molecule has 0 heterocycles. The van der Waals surface area contributed by atoms with Crippen LogP contribution in [0.4, 0.5) is 0 Å². The summed E-state index contributed by atoms with van der Waals surface area (Å²) in [5, 5.41) is 19.3. The van der Waals surface area contributed by atoms with E-state index < -0.39 is 5.60 Å². The third-order valence-corrected chi connectivity index (χ3v) is 2.90. The third kappa shape index (κ3) is 1.61. The van der Waals surface area contributed by atoms with Crippen LogP contribution >= 0.6 is 11.6 Å². The second-order valence-corrected chi connectivity index (χ2v) is 4.17. The maximum absolute atomic E-state index is 9.80. The Balaban J connectivity index is 2.37. The number of rotatable bonds is 0. The number of nitriles is 1. The summed E-state index contributed by atoms with van der Waals surface area (Å²) in [6, 6.07) is 7.55. The lowest BCUT2D eigenvalue weighted by Gasteiger charge is -2.27. The molecule has 3 heteroatoms. The fourth-order valence-corrected chi connectivity index (χ4v) is 2.03. The SMILES string of the molecule is N#CC1(O)CCc2cc(Cl)ccc2C1. The Morgan fingerprint density at radius 2 is 2.21 bits per heavy atom. The fourth-order valence-electron chi connectivity index (χ4n) is 1.84. The number of hydrogen-bond donors (Lipinski definition) is 1. The first-order valence-corrected chi connectivity index (χ1v) is 4.92. The molecular weight excluding hydrogens is 198 g/mol. The minimum atomic E-state index is -1.18. The van der Waals surface area contributed by atoms with Gasteiger partial charge < -0.3 is 5.11 Å². The molecule has 0 saturated heterocycles. The third-order valence-electron chi connectivity index (χ3n) is 2.67. The maximum atomic E-state index is 9.80. The van der Waals surface area contributed by atoms with E-state index in [1.165, 1.54) is 0 Å².